The topological polar surface area (TPSA) is 67.2 Å². The Balaban J connectivity index is 1.68. The number of amides is 1. The van der Waals surface area contributed by atoms with E-state index in [0.717, 1.165) is 16.8 Å². The third kappa shape index (κ3) is 4.14. The highest BCUT2D eigenvalue weighted by Gasteiger charge is 2.17. The van der Waals surface area contributed by atoms with Crippen LogP contribution in [0.5, 0.6) is 0 Å². The molecule has 0 radical (unpaired) electrons. The molecule has 0 saturated carbocycles. The van der Waals surface area contributed by atoms with Crippen molar-refractivity contribution in [2.24, 2.45) is 7.05 Å². The first-order valence-electron chi connectivity index (χ1n) is 8.21. The summed E-state index contributed by atoms with van der Waals surface area (Å²) in [6.45, 7) is 0.155. The second kappa shape index (κ2) is 7.77. The van der Waals surface area contributed by atoms with E-state index in [0.29, 0.717) is 12.0 Å². The summed E-state index contributed by atoms with van der Waals surface area (Å²) in [5, 5.41) is 17.2. The predicted octanol–water partition coefficient (Wildman–Crippen LogP) is 2.47. The van der Waals surface area contributed by atoms with Crippen molar-refractivity contribution >= 4 is 5.91 Å². The molecule has 2 N–H and O–H groups in total. The molecule has 0 unspecified atom stereocenters. The molecule has 5 nitrogen and oxygen atoms in total. The number of nitrogens with one attached hydrogen (secondary N) is 1. The number of aliphatic hydroxyl groups is 1. The van der Waals surface area contributed by atoms with E-state index in [4.69, 9.17) is 0 Å². The number of hydrogen-bond acceptors (Lipinski definition) is 3. The first-order valence-corrected chi connectivity index (χ1v) is 8.21. The Morgan fingerprint density at radius 3 is 2.44 bits per heavy atom. The molecule has 128 valence electrons. The second-order valence-corrected chi connectivity index (χ2v) is 5.93. The maximum absolute atomic E-state index is 12.5. The van der Waals surface area contributed by atoms with Crippen LogP contribution in [-0.4, -0.2) is 27.3 Å². The molecule has 2 aromatic carbocycles. The molecule has 5 heteroatoms. The summed E-state index contributed by atoms with van der Waals surface area (Å²) in [6, 6.07) is 19.2. The normalized spacial score (nSPS) is 11.9. The van der Waals surface area contributed by atoms with Crippen molar-refractivity contribution in [2.45, 2.75) is 12.5 Å². The van der Waals surface area contributed by atoms with E-state index in [2.05, 4.69) is 10.4 Å². The average molecular weight is 335 g/mol. The summed E-state index contributed by atoms with van der Waals surface area (Å²) >= 11 is 0. The Labute approximate surface area is 146 Å². The fourth-order valence-electron chi connectivity index (χ4n) is 2.73. The Hall–Kier alpha value is -2.92. The average Bonchev–Trinajstić information content (AvgIpc) is 3.01. The van der Waals surface area contributed by atoms with E-state index in [1.807, 2.05) is 67.7 Å². The van der Waals surface area contributed by atoms with Crippen molar-refractivity contribution in [1.29, 1.82) is 0 Å². The maximum Gasteiger partial charge on any atom is 0.254 e. The minimum atomic E-state index is -0.737. The Bertz CT molecular complexity index is 829. The molecule has 1 aromatic heterocycles. The third-order valence-electron chi connectivity index (χ3n) is 4.16. The van der Waals surface area contributed by atoms with Crippen LogP contribution in [0.15, 0.2) is 66.9 Å². The minimum Gasteiger partial charge on any atom is -0.387 e. The van der Waals surface area contributed by atoms with Gasteiger partial charge < -0.3 is 10.4 Å². The number of carbonyl (C=O) groups excluding carboxylic acids is 1. The van der Waals surface area contributed by atoms with Crippen molar-refractivity contribution in [2.75, 3.05) is 6.54 Å². The molecule has 0 spiro atoms. The van der Waals surface area contributed by atoms with Crippen LogP contribution < -0.4 is 5.32 Å². The monoisotopic (exact) mass is 335 g/mol. The fourth-order valence-corrected chi connectivity index (χ4v) is 2.73. The number of hydrogen-bond donors (Lipinski definition) is 2. The Morgan fingerprint density at radius 1 is 1.12 bits per heavy atom. The summed E-state index contributed by atoms with van der Waals surface area (Å²) < 4.78 is 1.72. The number of rotatable bonds is 6. The number of benzene rings is 2. The van der Waals surface area contributed by atoms with Crippen LogP contribution in [0.4, 0.5) is 0 Å². The van der Waals surface area contributed by atoms with Gasteiger partial charge >= 0.3 is 0 Å². The quantitative estimate of drug-likeness (QED) is 0.727. The van der Waals surface area contributed by atoms with Crippen molar-refractivity contribution in [3.8, 4) is 0 Å². The molecule has 3 aromatic rings. The number of aryl methyl sites for hydroxylation is 1. The number of aromatic nitrogens is 2. The Kier molecular flexibility index (Phi) is 5.26. The summed E-state index contributed by atoms with van der Waals surface area (Å²) in [5.41, 5.74) is 3.27. The van der Waals surface area contributed by atoms with Crippen LogP contribution in [0.2, 0.25) is 0 Å². The van der Waals surface area contributed by atoms with Gasteiger partial charge in [0.15, 0.2) is 0 Å². The van der Waals surface area contributed by atoms with Crippen LogP contribution in [-0.2, 0) is 13.5 Å². The highest BCUT2D eigenvalue weighted by atomic mass is 16.3. The largest absolute Gasteiger partial charge is 0.387 e. The third-order valence-corrected chi connectivity index (χ3v) is 4.16. The van der Waals surface area contributed by atoms with Crippen molar-refractivity contribution < 1.29 is 9.90 Å². The smallest absolute Gasteiger partial charge is 0.254 e. The molecule has 0 saturated heterocycles. The first-order chi connectivity index (χ1) is 12.1. The number of carbonyl (C=O) groups is 1. The molecule has 3 rings (SSSR count). The molecule has 0 bridgehead atoms. The highest BCUT2D eigenvalue weighted by Crippen LogP contribution is 2.15. The minimum absolute atomic E-state index is 0.155. The maximum atomic E-state index is 12.5. The summed E-state index contributed by atoms with van der Waals surface area (Å²) in [7, 11) is 1.83. The standard InChI is InChI=1S/C20H21N3O2/c1-23-18(12-15-8-4-2-5-9-15)17(13-22-23)20(25)21-14-19(24)16-10-6-3-7-11-16/h2-11,13,19,24H,12,14H2,1H3,(H,21,25)/t19-/m1/s1. The molecule has 0 aliphatic rings. The lowest BCUT2D eigenvalue weighted by Crippen LogP contribution is -2.29. The van der Waals surface area contributed by atoms with Gasteiger partial charge in [-0.15, -0.1) is 0 Å². The zero-order chi connectivity index (χ0) is 17.6. The van der Waals surface area contributed by atoms with Gasteiger partial charge in [0, 0.05) is 20.0 Å². The second-order valence-electron chi connectivity index (χ2n) is 5.93. The van der Waals surface area contributed by atoms with Gasteiger partial charge in [-0.3, -0.25) is 9.48 Å². The van der Waals surface area contributed by atoms with Gasteiger partial charge in [0.25, 0.3) is 5.91 Å². The molecule has 25 heavy (non-hydrogen) atoms. The van der Waals surface area contributed by atoms with Gasteiger partial charge in [-0.25, -0.2) is 0 Å². The van der Waals surface area contributed by atoms with Crippen LogP contribution in [0.1, 0.15) is 33.3 Å². The molecular weight excluding hydrogens is 314 g/mol. The molecular formula is C20H21N3O2. The number of aliphatic hydroxyl groups excluding tert-OH is 1. The van der Waals surface area contributed by atoms with Crippen LogP contribution in [0.25, 0.3) is 0 Å². The van der Waals surface area contributed by atoms with Crippen LogP contribution >= 0.6 is 0 Å². The van der Waals surface area contributed by atoms with E-state index >= 15 is 0 Å². The van der Waals surface area contributed by atoms with Gasteiger partial charge in [-0.05, 0) is 11.1 Å². The summed E-state index contributed by atoms with van der Waals surface area (Å²) in [5.74, 6) is -0.228. The van der Waals surface area contributed by atoms with Gasteiger partial charge in [0.1, 0.15) is 0 Å². The zero-order valence-electron chi connectivity index (χ0n) is 14.1. The lowest BCUT2D eigenvalue weighted by Gasteiger charge is -2.12. The van der Waals surface area contributed by atoms with E-state index < -0.39 is 6.10 Å². The van der Waals surface area contributed by atoms with Gasteiger partial charge in [0.2, 0.25) is 0 Å². The van der Waals surface area contributed by atoms with Gasteiger partial charge in [0.05, 0.1) is 23.6 Å². The molecule has 0 aliphatic heterocycles. The zero-order valence-corrected chi connectivity index (χ0v) is 14.1. The molecule has 0 fully saturated rings. The van der Waals surface area contributed by atoms with Gasteiger partial charge in [-0.1, -0.05) is 60.7 Å². The van der Waals surface area contributed by atoms with E-state index in [9.17, 15) is 9.90 Å². The molecule has 1 amide bonds. The number of nitrogens with zero attached hydrogens (tertiary/aromatic N) is 2. The molecule has 1 heterocycles. The fraction of sp³-hybridized carbons (Fsp3) is 0.200. The molecule has 1 atom stereocenters. The lowest BCUT2D eigenvalue weighted by molar-refractivity contribution is 0.0915. The van der Waals surface area contributed by atoms with Crippen LogP contribution in [0.3, 0.4) is 0 Å². The van der Waals surface area contributed by atoms with E-state index in [1.54, 1.807) is 10.9 Å². The first kappa shape index (κ1) is 16.9. The highest BCUT2D eigenvalue weighted by molar-refractivity contribution is 5.95. The van der Waals surface area contributed by atoms with E-state index in [1.165, 1.54) is 0 Å². The van der Waals surface area contributed by atoms with E-state index in [-0.39, 0.29) is 12.5 Å². The van der Waals surface area contributed by atoms with Crippen molar-refractivity contribution in [3.05, 3.63) is 89.2 Å². The Morgan fingerprint density at radius 2 is 1.76 bits per heavy atom. The summed E-state index contributed by atoms with van der Waals surface area (Å²) in [4.78, 5) is 12.5. The van der Waals surface area contributed by atoms with Gasteiger partial charge in [-0.2, -0.15) is 5.10 Å². The SMILES string of the molecule is Cn1ncc(C(=O)NC[C@@H](O)c2ccccc2)c1Cc1ccccc1. The lowest BCUT2D eigenvalue weighted by atomic mass is 10.1. The summed E-state index contributed by atoms with van der Waals surface area (Å²) in [6.07, 6.45) is 1.46. The molecule has 0 aliphatic carbocycles. The predicted molar refractivity (Wildman–Crippen MR) is 96.2 cm³/mol. The van der Waals surface area contributed by atoms with Crippen molar-refractivity contribution in [1.82, 2.24) is 15.1 Å². The van der Waals surface area contributed by atoms with Crippen LogP contribution in [0, 0.1) is 0 Å². The van der Waals surface area contributed by atoms with Crippen molar-refractivity contribution in [3.63, 3.8) is 0 Å².